The average molecular weight is 358 g/mol. The Hall–Kier alpha value is 0.120. The zero-order chi connectivity index (χ0) is 9.84. The van der Waals surface area contributed by atoms with Crippen molar-refractivity contribution in [3.63, 3.8) is 0 Å². The second-order valence-corrected chi connectivity index (χ2v) is 4.51. The highest BCUT2D eigenvalue weighted by atomic mass is 127. The van der Waals surface area contributed by atoms with Gasteiger partial charge in [-0.3, -0.25) is 4.79 Å². The number of pyridine rings is 1. The van der Waals surface area contributed by atoms with Gasteiger partial charge in [0.2, 0.25) is 0 Å². The average Bonchev–Trinajstić information content (AvgIpc) is 2.09. The van der Waals surface area contributed by atoms with E-state index in [0.717, 1.165) is 8.04 Å². The molecule has 0 saturated heterocycles. The van der Waals surface area contributed by atoms with Crippen molar-refractivity contribution in [2.45, 2.75) is 6.54 Å². The number of aromatic nitrogens is 1. The molecule has 72 valence electrons. The highest BCUT2D eigenvalue weighted by Gasteiger charge is 2.01. The first-order chi connectivity index (χ1) is 6.15. The van der Waals surface area contributed by atoms with E-state index in [9.17, 15) is 4.79 Å². The number of hydrogen-bond donors (Lipinski definition) is 0. The normalized spacial score (nSPS) is 10.4. The van der Waals surface area contributed by atoms with Gasteiger partial charge in [-0.15, -0.1) is 0 Å². The molecule has 0 bridgehead atoms. The van der Waals surface area contributed by atoms with Gasteiger partial charge in [0.05, 0.1) is 6.61 Å². The molecular formula is C8H9BrINO2. The van der Waals surface area contributed by atoms with Crippen molar-refractivity contribution in [2.75, 3.05) is 13.7 Å². The molecular weight excluding hydrogens is 349 g/mol. The van der Waals surface area contributed by atoms with Gasteiger partial charge in [0.1, 0.15) is 0 Å². The van der Waals surface area contributed by atoms with Crippen molar-refractivity contribution in [3.8, 4) is 0 Å². The summed E-state index contributed by atoms with van der Waals surface area (Å²) in [6.45, 7) is 1.15. The predicted molar refractivity (Wildman–Crippen MR) is 63.0 cm³/mol. The van der Waals surface area contributed by atoms with Crippen molar-refractivity contribution in [1.29, 1.82) is 0 Å². The molecule has 13 heavy (non-hydrogen) atoms. The van der Waals surface area contributed by atoms with Gasteiger partial charge in [-0.25, -0.2) is 0 Å². The van der Waals surface area contributed by atoms with E-state index in [0.29, 0.717) is 13.2 Å². The molecule has 0 spiro atoms. The lowest BCUT2D eigenvalue weighted by Gasteiger charge is -2.05. The predicted octanol–water partition coefficient (Wildman–Crippen LogP) is 1.86. The third-order valence-electron chi connectivity index (χ3n) is 1.57. The first-order valence-electron chi connectivity index (χ1n) is 3.69. The van der Waals surface area contributed by atoms with Gasteiger partial charge >= 0.3 is 0 Å². The van der Waals surface area contributed by atoms with Crippen molar-refractivity contribution in [1.82, 2.24) is 4.57 Å². The summed E-state index contributed by atoms with van der Waals surface area (Å²) in [6.07, 6.45) is 1.81. The fraction of sp³-hybridized carbons (Fsp3) is 0.375. The maximum Gasteiger partial charge on any atom is 0.251 e. The topological polar surface area (TPSA) is 31.2 Å². The Labute approximate surface area is 98.4 Å². The van der Waals surface area contributed by atoms with E-state index >= 15 is 0 Å². The summed E-state index contributed by atoms with van der Waals surface area (Å²) in [6, 6.07) is 1.57. The fourth-order valence-electron chi connectivity index (χ4n) is 0.887. The Morgan fingerprint density at radius 1 is 1.69 bits per heavy atom. The molecule has 0 fully saturated rings. The van der Waals surface area contributed by atoms with Gasteiger partial charge in [-0.2, -0.15) is 0 Å². The van der Waals surface area contributed by atoms with E-state index in [1.807, 2.05) is 6.20 Å². The lowest BCUT2D eigenvalue weighted by atomic mass is 10.4. The molecule has 0 aliphatic carbocycles. The van der Waals surface area contributed by atoms with Gasteiger partial charge in [-0.05, 0) is 38.5 Å². The minimum absolute atomic E-state index is 0.00987. The third-order valence-corrected chi connectivity index (χ3v) is 3.82. The summed E-state index contributed by atoms with van der Waals surface area (Å²) in [5.74, 6) is 0. The Balaban J connectivity index is 2.95. The minimum atomic E-state index is -0.00987. The van der Waals surface area contributed by atoms with Gasteiger partial charge in [0, 0.05) is 34.0 Å². The molecule has 0 saturated carbocycles. The van der Waals surface area contributed by atoms with Crippen LogP contribution in [0, 0.1) is 3.57 Å². The van der Waals surface area contributed by atoms with Gasteiger partial charge < -0.3 is 9.30 Å². The molecule has 0 radical (unpaired) electrons. The van der Waals surface area contributed by atoms with Gasteiger partial charge in [-0.1, -0.05) is 0 Å². The van der Waals surface area contributed by atoms with Crippen LogP contribution >= 0.6 is 38.5 Å². The van der Waals surface area contributed by atoms with E-state index in [-0.39, 0.29) is 5.56 Å². The molecule has 0 N–H and O–H groups in total. The summed E-state index contributed by atoms with van der Waals surface area (Å²) in [4.78, 5) is 11.4. The van der Waals surface area contributed by atoms with Crippen LogP contribution in [0.3, 0.4) is 0 Å². The van der Waals surface area contributed by atoms with Crippen LogP contribution in [0.15, 0.2) is 21.5 Å². The lowest BCUT2D eigenvalue weighted by Crippen LogP contribution is -2.21. The molecule has 1 heterocycles. The van der Waals surface area contributed by atoms with Crippen LogP contribution in [-0.4, -0.2) is 18.3 Å². The van der Waals surface area contributed by atoms with Crippen LogP contribution in [-0.2, 0) is 11.3 Å². The molecule has 0 amide bonds. The quantitative estimate of drug-likeness (QED) is 0.773. The number of hydrogen-bond acceptors (Lipinski definition) is 2. The van der Waals surface area contributed by atoms with Crippen molar-refractivity contribution in [2.24, 2.45) is 0 Å². The second kappa shape index (κ2) is 5.11. The standard InChI is InChI=1S/C8H9BrINO2/c1-13-3-2-11-5-7(10)6(9)4-8(11)12/h4-5H,2-3H2,1H3. The zero-order valence-electron chi connectivity index (χ0n) is 7.09. The monoisotopic (exact) mass is 357 g/mol. The first kappa shape index (κ1) is 11.2. The van der Waals surface area contributed by atoms with Crippen molar-refractivity contribution in [3.05, 3.63) is 30.7 Å². The molecule has 0 aliphatic rings. The Morgan fingerprint density at radius 3 is 3.00 bits per heavy atom. The van der Waals surface area contributed by atoms with Crippen LogP contribution < -0.4 is 5.56 Å². The van der Waals surface area contributed by atoms with Crippen LogP contribution in [0.5, 0.6) is 0 Å². The molecule has 1 rings (SSSR count). The molecule has 0 aliphatic heterocycles. The van der Waals surface area contributed by atoms with Crippen molar-refractivity contribution < 1.29 is 4.74 Å². The van der Waals surface area contributed by atoms with Crippen molar-refractivity contribution >= 4 is 38.5 Å². The minimum Gasteiger partial charge on any atom is -0.383 e. The van der Waals surface area contributed by atoms with E-state index in [2.05, 4.69) is 38.5 Å². The molecule has 5 heteroatoms. The summed E-state index contributed by atoms with van der Waals surface area (Å²) in [7, 11) is 1.62. The van der Waals surface area contributed by atoms with Gasteiger partial charge in [0.25, 0.3) is 5.56 Å². The van der Waals surface area contributed by atoms with Crippen LogP contribution in [0.1, 0.15) is 0 Å². The number of halogens is 2. The maximum absolute atomic E-state index is 11.4. The molecule has 0 aromatic carbocycles. The second-order valence-electron chi connectivity index (χ2n) is 2.49. The summed E-state index contributed by atoms with van der Waals surface area (Å²) in [5, 5.41) is 0. The largest absolute Gasteiger partial charge is 0.383 e. The Bertz CT molecular complexity index is 350. The number of nitrogens with zero attached hydrogens (tertiary/aromatic N) is 1. The zero-order valence-corrected chi connectivity index (χ0v) is 10.8. The lowest BCUT2D eigenvalue weighted by molar-refractivity contribution is 0.186. The van der Waals surface area contributed by atoms with E-state index in [4.69, 9.17) is 4.74 Å². The number of ether oxygens (including phenoxy) is 1. The van der Waals surface area contributed by atoms with E-state index in [1.54, 1.807) is 17.7 Å². The molecule has 0 unspecified atom stereocenters. The van der Waals surface area contributed by atoms with E-state index in [1.165, 1.54) is 0 Å². The number of rotatable bonds is 3. The molecule has 1 aromatic heterocycles. The summed E-state index contributed by atoms with van der Waals surface area (Å²) in [5.41, 5.74) is -0.00987. The summed E-state index contributed by atoms with van der Waals surface area (Å²) >= 11 is 5.47. The first-order valence-corrected chi connectivity index (χ1v) is 5.56. The smallest absolute Gasteiger partial charge is 0.251 e. The van der Waals surface area contributed by atoms with Crippen LogP contribution in [0.25, 0.3) is 0 Å². The van der Waals surface area contributed by atoms with Crippen LogP contribution in [0.2, 0.25) is 0 Å². The molecule has 0 atom stereocenters. The highest BCUT2D eigenvalue weighted by Crippen LogP contribution is 2.15. The highest BCUT2D eigenvalue weighted by molar-refractivity contribution is 14.1. The molecule has 3 nitrogen and oxygen atoms in total. The summed E-state index contributed by atoms with van der Waals surface area (Å²) < 4.78 is 8.39. The fourth-order valence-corrected chi connectivity index (χ4v) is 1.68. The van der Waals surface area contributed by atoms with Crippen LogP contribution in [0.4, 0.5) is 0 Å². The van der Waals surface area contributed by atoms with Gasteiger partial charge in [0.15, 0.2) is 0 Å². The molecule has 1 aromatic rings. The third kappa shape index (κ3) is 3.07. The Kier molecular flexibility index (Phi) is 4.40. The van der Waals surface area contributed by atoms with E-state index < -0.39 is 0 Å². The number of methoxy groups -OCH3 is 1. The maximum atomic E-state index is 11.4. The SMILES string of the molecule is COCCn1cc(I)c(Br)cc1=O. The Morgan fingerprint density at radius 2 is 2.38 bits per heavy atom.